The predicted molar refractivity (Wildman–Crippen MR) is 73.3 cm³/mol. The number of benzene rings is 1. The normalized spacial score (nSPS) is 14.6. The number of hydrogen-bond donors (Lipinski definition) is 1. The Labute approximate surface area is 115 Å². The molecule has 1 aromatic rings. The Morgan fingerprint density at radius 3 is 2.83 bits per heavy atom. The minimum Gasteiger partial charge on any atom is -0.478 e. The molecule has 0 aliphatic heterocycles. The number of aromatic carboxylic acids is 1. The van der Waals surface area contributed by atoms with Crippen molar-refractivity contribution in [3.63, 3.8) is 0 Å². The number of hydrogen-bond acceptors (Lipinski definition) is 3. The van der Waals surface area contributed by atoms with Crippen LogP contribution < -0.4 is 4.90 Å². The second-order valence-corrected chi connectivity index (χ2v) is 5.21. The van der Waals surface area contributed by atoms with Crippen molar-refractivity contribution in [2.24, 2.45) is 0 Å². The first-order valence-corrected chi connectivity index (χ1v) is 6.72. The van der Waals surface area contributed by atoms with Crippen LogP contribution in [0.25, 0.3) is 0 Å². The molecule has 0 amide bonds. The molecule has 18 heavy (non-hydrogen) atoms. The van der Waals surface area contributed by atoms with E-state index in [4.69, 9.17) is 4.74 Å². The molecule has 5 heteroatoms. The molecule has 0 heterocycles. The topological polar surface area (TPSA) is 49.8 Å². The second kappa shape index (κ2) is 5.71. The van der Waals surface area contributed by atoms with Gasteiger partial charge in [0.1, 0.15) is 0 Å². The quantitative estimate of drug-likeness (QED) is 0.877. The lowest BCUT2D eigenvalue weighted by Gasteiger charge is -2.26. The number of halogens is 1. The summed E-state index contributed by atoms with van der Waals surface area (Å²) >= 11 is 3.31. The Morgan fingerprint density at radius 1 is 1.56 bits per heavy atom. The molecule has 0 spiro atoms. The molecule has 0 saturated heterocycles. The first-order chi connectivity index (χ1) is 8.65. The molecular weight excluding hydrogens is 298 g/mol. The Balaban J connectivity index is 2.34. The van der Waals surface area contributed by atoms with Crippen molar-refractivity contribution < 1.29 is 14.6 Å². The van der Waals surface area contributed by atoms with Crippen molar-refractivity contribution in [1.82, 2.24) is 0 Å². The van der Waals surface area contributed by atoms with Crippen LogP contribution in [0.4, 0.5) is 5.69 Å². The number of carboxylic acid groups (broad SMARTS) is 1. The van der Waals surface area contributed by atoms with E-state index >= 15 is 0 Å². The Bertz CT molecular complexity index is 446. The highest BCUT2D eigenvalue weighted by atomic mass is 79.9. The zero-order chi connectivity index (χ0) is 13.1. The van der Waals surface area contributed by atoms with Gasteiger partial charge in [0.2, 0.25) is 0 Å². The van der Waals surface area contributed by atoms with E-state index in [-0.39, 0.29) is 0 Å². The number of methoxy groups -OCH3 is 1. The summed E-state index contributed by atoms with van der Waals surface area (Å²) in [5, 5.41) is 9.34. The van der Waals surface area contributed by atoms with Crippen LogP contribution in [-0.4, -0.2) is 37.4 Å². The van der Waals surface area contributed by atoms with E-state index in [9.17, 15) is 9.90 Å². The fraction of sp³-hybridized carbons (Fsp3) is 0.462. The summed E-state index contributed by atoms with van der Waals surface area (Å²) in [7, 11) is 1.66. The van der Waals surface area contributed by atoms with Gasteiger partial charge in [0, 0.05) is 24.2 Å². The number of ether oxygens (including phenoxy) is 1. The summed E-state index contributed by atoms with van der Waals surface area (Å²) in [6.07, 6.45) is 2.24. The van der Waals surface area contributed by atoms with Crippen LogP contribution >= 0.6 is 15.9 Å². The molecule has 0 aromatic heterocycles. The smallest absolute Gasteiger partial charge is 0.338 e. The molecule has 0 radical (unpaired) electrons. The van der Waals surface area contributed by atoms with Crippen LogP contribution in [0.5, 0.6) is 0 Å². The highest BCUT2D eigenvalue weighted by Gasteiger charge is 2.31. The second-order valence-electron chi connectivity index (χ2n) is 4.36. The standard InChI is InChI=1S/C13H16BrNO3/c1-18-8-7-15(9-5-6-9)11-4-2-3-10(14)12(11)13(16)17/h2-4,9H,5-8H2,1H3,(H,16,17). The molecule has 0 atom stereocenters. The molecule has 2 rings (SSSR count). The van der Waals surface area contributed by atoms with E-state index in [2.05, 4.69) is 20.8 Å². The minimum atomic E-state index is -0.902. The zero-order valence-corrected chi connectivity index (χ0v) is 11.8. The van der Waals surface area contributed by atoms with Gasteiger partial charge in [0.25, 0.3) is 0 Å². The van der Waals surface area contributed by atoms with Crippen molar-refractivity contribution in [1.29, 1.82) is 0 Å². The van der Waals surface area contributed by atoms with Crippen LogP contribution in [0.2, 0.25) is 0 Å². The van der Waals surface area contributed by atoms with Crippen molar-refractivity contribution in [2.75, 3.05) is 25.2 Å². The first-order valence-electron chi connectivity index (χ1n) is 5.92. The maximum Gasteiger partial charge on any atom is 0.338 e. The molecule has 0 unspecified atom stereocenters. The third kappa shape index (κ3) is 2.84. The summed E-state index contributed by atoms with van der Waals surface area (Å²) in [5.41, 5.74) is 1.11. The average Bonchev–Trinajstić information content (AvgIpc) is 3.13. The summed E-state index contributed by atoms with van der Waals surface area (Å²) < 4.78 is 5.72. The van der Waals surface area contributed by atoms with Crippen molar-refractivity contribution in [3.8, 4) is 0 Å². The van der Waals surface area contributed by atoms with Gasteiger partial charge in [0.15, 0.2) is 0 Å². The number of carboxylic acids is 1. The van der Waals surface area contributed by atoms with Crippen molar-refractivity contribution in [2.45, 2.75) is 18.9 Å². The van der Waals surface area contributed by atoms with Gasteiger partial charge >= 0.3 is 5.97 Å². The largest absolute Gasteiger partial charge is 0.478 e. The lowest BCUT2D eigenvalue weighted by atomic mass is 10.1. The van der Waals surface area contributed by atoms with E-state index in [1.54, 1.807) is 13.2 Å². The summed E-state index contributed by atoms with van der Waals surface area (Å²) in [6, 6.07) is 5.94. The number of rotatable bonds is 6. The Kier molecular flexibility index (Phi) is 4.24. The van der Waals surface area contributed by atoms with Crippen LogP contribution in [0, 0.1) is 0 Å². The van der Waals surface area contributed by atoms with Gasteiger partial charge in [-0.3, -0.25) is 0 Å². The van der Waals surface area contributed by atoms with Crippen LogP contribution in [-0.2, 0) is 4.74 Å². The lowest BCUT2D eigenvalue weighted by Crippen LogP contribution is -2.31. The fourth-order valence-electron chi connectivity index (χ4n) is 2.04. The minimum absolute atomic E-state index is 0.334. The molecule has 1 N–H and O–H groups in total. The molecule has 1 fully saturated rings. The zero-order valence-electron chi connectivity index (χ0n) is 10.2. The summed E-state index contributed by atoms with van der Waals surface area (Å²) in [6.45, 7) is 1.32. The number of nitrogens with zero attached hydrogens (tertiary/aromatic N) is 1. The van der Waals surface area contributed by atoms with E-state index < -0.39 is 5.97 Å². The number of carbonyl (C=O) groups is 1. The van der Waals surface area contributed by atoms with E-state index in [0.29, 0.717) is 22.7 Å². The molecule has 1 aliphatic carbocycles. The fourth-order valence-corrected chi connectivity index (χ4v) is 2.56. The van der Waals surface area contributed by atoms with Crippen LogP contribution in [0.1, 0.15) is 23.2 Å². The van der Waals surface area contributed by atoms with E-state index in [1.165, 1.54) is 0 Å². The summed E-state index contributed by atoms with van der Waals surface area (Å²) in [4.78, 5) is 13.5. The molecular formula is C13H16BrNO3. The van der Waals surface area contributed by atoms with Gasteiger partial charge in [0.05, 0.1) is 17.9 Å². The molecule has 1 saturated carbocycles. The Morgan fingerprint density at radius 2 is 2.28 bits per heavy atom. The summed E-state index contributed by atoms with van der Waals surface area (Å²) in [5.74, 6) is -0.902. The lowest BCUT2D eigenvalue weighted by molar-refractivity contribution is 0.0696. The van der Waals surface area contributed by atoms with Crippen molar-refractivity contribution >= 4 is 27.6 Å². The molecule has 0 bridgehead atoms. The van der Waals surface area contributed by atoms with Gasteiger partial charge in [-0.15, -0.1) is 0 Å². The van der Waals surface area contributed by atoms with Crippen molar-refractivity contribution in [3.05, 3.63) is 28.2 Å². The van der Waals surface area contributed by atoms with E-state index in [0.717, 1.165) is 25.1 Å². The van der Waals surface area contributed by atoms with E-state index in [1.807, 2.05) is 12.1 Å². The third-order valence-electron chi connectivity index (χ3n) is 3.04. The molecule has 1 aromatic carbocycles. The van der Waals surface area contributed by atoms with Gasteiger partial charge in [-0.2, -0.15) is 0 Å². The highest BCUT2D eigenvalue weighted by Crippen LogP contribution is 2.35. The molecule has 98 valence electrons. The first kappa shape index (κ1) is 13.4. The third-order valence-corrected chi connectivity index (χ3v) is 3.70. The monoisotopic (exact) mass is 313 g/mol. The van der Waals surface area contributed by atoms with Gasteiger partial charge in [-0.1, -0.05) is 6.07 Å². The number of anilines is 1. The maximum atomic E-state index is 11.4. The maximum absolute atomic E-state index is 11.4. The van der Waals surface area contributed by atoms with Gasteiger partial charge in [-0.25, -0.2) is 4.79 Å². The predicted octanol–water partition coefficient (Wildman–Crippen LogP) is 2.76. The Hall–Kier alpha value is -1.07. The molecule has 1 aliphatic rings. The van der Waals surface area contributed by atoms with Crippen LogP contribution in [0.15, 0.2) is 22.7 Å². The molecule has 4 nitrogen and oxygen atoms in total. The SMILES string of the molecule is COCCN(c1cccc(Br)c1C(=O)O)C1CC1. The highest BCUT2D eigenvalue weighted by molar-refractivity contribution is 9.10. The van der Waals surface area contributed by atoms with Gasteiger partial charge < -0.3 is 14.7 Å². The van der Waals surface area contributed by atoms with Gasteiger partial charge in [-0.05, 0) is 40.9 Å². The van der Waals surface area contributed by atoms with Crippen LogP contribution in [0.3, 0.4) is 0 Å². The average molecular weight is 314 g/mol.